The second-order valence-electron chi connectivity index (χ2n) is 5.39. The van der Waals surface area contributed by atoms with Gasteiger partial charge in [-0.2, -0.15) is 0 Å². The first-order chi connectivity index (χ1) is 6.22. The van der Waals surface area contributed by atoms with Crippen LogP contribution in [-0.4, -0.2) is 31.2 Å². The molecule has 0 saturated heterocycles. The molecule has 0 fully saturated rings. The van der Waals surface area contributed by atoms with Crippen LogP contribution in [0.5, 0.6) is 0 Å². The zero-order chi connectivity index (χ0) is 11.4. The highest BCUT2D eigenvalue weighted by molar-refractivity contribution is 5.67. The fourth-order valence-electron chi connectivity index (χ4n) is 1.12. The molecule has 0 aromatic heterocycles. The Morgan fingerprint density at radius 3 is 2.21 bits per heavy atom. The lowest BCUT2D eigenvalue weighted by atomic mass is 9.96. The molecule has 0 N–H and O–H groups in total. The molecule has 0 heterocycles. The third-order valence-corrected chi connectivity index (χ3v) is 1.56. The molecule has 84 valence electrons. The number of amides is 1. The highest BCUT2D eigenvalue weighted by atomic mass is 16.6. The van der Waals surface area contributed by atoms with E-state index in [1.165, 1.54) is 0 Å². The maximum absolute atomic E-state index is 11.4. The van der Waals surface area contributed by atoms with Gasteiger partial charge in [-0.1, -0.05) is 34.6 Å². The molecule has 0 bridgehead atoms. The Morgan fingerprint density at radius 2 is 1.86 bits per heavy atom. The van der Waals surface area contributed by atoms with Crippen LogP contribution in [-0.2, 0) is 4.74 Å². The molecular weight excluding hydrogens is 178 g/mol. The molecule has 0 aliphatic heterocycles. The molecule has 0 unspecified atom stereocenters. The third-order valence-electron chi connectivity index (χ3n) is 1.56. The molecule has 0 aliphatic rings. The van der Waals surface area contributed by atoms with Crippen molar-refractivity contribution in [3.05, 3.63) is 0 Å². The number of hydrogen-bond acceptors (Lipinski definition) is 2. The number of rotatable bonds is 3. The summed E-state index contributed by atoms with van der Waals surface area (Å²) in [6.45, 7) is 11.5. The van der Waals surface area contributed by atoms with Gasteiger partial charge in [0.05, 0.1) is 6.61 Å². The quantitative estimate of drug-likeness (QED) is 0.702. The zero-order valence-corrected chi connectivity index (χ0v) is 10.3. The van der Waals surface area contributed by atoms with E-state index in [1.807, 2.05) is 13.8 Å². The van der Waals surface area contributed by atoms with Crippen LogP contribution in [0.15, 0.2) is 0 Å². The third kappa shape index (κ3) is 6.75. The molecule has 14 heavy (non-hydrogen) atoms. The molecule has 0 radical (unpaired) electrons. The predicted octanol–water partition coefficient (Wildman–Crippen LogP) is 2.76. The number of carbonyl (C=O) groups excluding carboxylic acids is 1. The Bertz CT molecular complexity index is 182. The Kier molecular flexibility index (Phi) is 4.95. The lowest BCUT2D eigenvalue weighted by Gasteiger charge is -2.26. The molecular formula is C11H23NO2. The summed E-state index contributed by atoms with van der Waals surface area (Å²) in [5.41, 5.74) is 0.117. The van der Waals surface area contributed by atoms with E-state index >= 15 is 0 Å². The van der Waals surface area contributed by atoms with Crippen molar-refractivity contribution in [2.75, 3.05) is 20.2 Å². The predicted molar refractivity (Wildman–Crippen MR) is 58.3 cm³/mol. The summed E-state index contributed by atoms with van der Waals surface area (Å²) in [4.78, 5) is 13.1. The first-order valence-corrected chi connectivity index (χ1v) is 5.10. The Morgan fingerprint density at radius 1 is 1.36 bits per heavy atom. The van der Waals surface area contributed by atoms with Crippen LogP contribution < -0.4 is 0 Å². The van der Waals surface area contributed by atoms with Gasteiger partial charge in [-0.25, -0.2) is 4.79 Å². The van der Waals surface area contributed by atoms with Crippen LogP contribution in [0.25, 0.3) is 0 Å². The van der Waals surface area contributed by atoms with Crippen LogP contribution in [0.1, 0.15) is 34.6 Å². The standard InChI is InChI=1S/C11H23NO2/c1-9(2)7-14-10(13)12(6)8-11(3,4)5/h9H,7-8H2,1-6H3. The van der Waals surface area contributed by atoms with Crippen molar-refractivity contribution >= 4 is 6.09 Å². The first-order valence-electron chi connectivity index (χ1n) is 5.10. The molecule has 0 aromatic carbocycles. The van der Waals surface area contributed by atoms with Gasteiger partial charge in [0, 0.05) is 13.6 Å². The molecule has 0 rings (SSSR count). The Hall–Kier alpha value is -0.730. The van der Waals surface area contributed by atoms with Crippen molar-refractivity contribution in [2.45, 2.75) is 34.6 Å². The van der Waals surface area contributed by atoms with E-state index in [2.05, 4.69) is 20.8 Å². The minimum atomic E-state index is -0.228. The molecule has 0 atom stereocenters. The van der Waals surface area contributed by atoms with E-state index in [0.717, 1.165) is 0 Å². The van der Waals surface area contributed by atoms with Gasteiger partial charge >= 0.3 is 6.09 Å². The number of hydrogen-bond donors (Lipinski definition) is 0. The minimum Gasteiger partial charge on any atom is -0.449 e. The second-order valence-corrected chi connectivity index (χ2v) is 5.39. The topological polar surface area (TPSA) is 29.5 Å². The van der Waals surface area contributed by atoms with Crippen molar-refractivity contribution in [3.8, 4) is 0 Å². The summed E-state index contributed by atoms with van der Waals surface area (Å²) in [7, 11) is 1.77. The van der Waals surface area contributed by atoms with Gasteiger partial charge in [-0.05, 0) is 11.3 Å². The summed E-state index contributed by atoms with van der Waals surface area (Å²) in [6.07, 6.45) is -0.228. The van der Waals surface area contributed by atoms with Crippen molar-refractivity contribution < 1.29 is 9.53 Å². The van der Waals surface area contributed by atoms with Crippen molar-refractivity contribution in [1.29, 1.82) is 0 Å². The van der Waals surface area contributed by atoms with Gasteiger partial charge in [0.15, 0.2) is 0 Å². The van der Waals surface area contributed by atoms with E-state index in [0.29, 0.717) is 19.1 Å². The number of carbonyl (C=O) groups is 1. The van der Waals surface area contributed by atoms with Crippen LogP contribution in [0.2, 0.25) is 0 Å². The monoisotopic (exact) mass is 201 g/mol. The average molecular weight is 201 g/mol. The SMILES string of the molecule is CC(C)COC(=O)N(C)CC(C)(C)C. The maximum atomic E-state index is 11.4. The maximum Gasteiger partial charge on any atom is 0.409 e. The molecule has 1 amide bonds. The Balaban J connectivity index is 3.88. The lowest BCUT2D eigenvalue weighted by molar-refractivity contribution is 0.0897. The normalized spacial score (nSPS) is 11.6. The fraction of sp³-hybridized carbons (Fsp3) is 0.909. The van der Waals surface area contributed by atoms with E-state index in [4.69, 9.17) is 4.74 Å². The largest absolute Gasteiger partial charge is 0.449 e. The van der Waals surface area contributed by atoms with Gasteiger partial charge in [-0.15, -0.1) is 0 Å². The van der Waals surface area contributed by atoms with Crippen molar-refractivity contribution in [3.63, 3.8) is 0 Å². The summed E-state index contributed by atoms with van der Waals surface area (Å²) in [5.74, 6) is 0.391. The molecule has 0 aliphatic carbocycles. The van der Waals surface area contributed by atoms with E-state index < -0.39 is 0 Å². The minimum absolute atomic E-state index is 0.117. The van der Waals surface area contributed by atoms with Gasteiger partial charge in [0.1, 0.15) is 0 Å². The van der Waals surface area contributed by atoms with Crippen LogP contribution in [0.4, 0.5) is 4.79 Å². The summed E-state index contributed by atoms with van der Waals surface area (Å²) < 4.78 is 5.10. The highest BCUT2D eigenvalue weighted by Crippen LogP contribution is 2.14. The van der Waals surface area contributed by atoms with Crippen LogP contribution in [0.3, 0.4) is 0 Å². The number of ether oxygens (including phenoxy) is 1. The first kappa shape index (κ1) is 13.3. The van der Waals surface area contributed by atoms with Crippen molar-refractivity contribution in [1.82, 2.24) is 4.90 Å². The van der Waals surface area contributed by atoms with E-state index in [-0.39, 0.29) is 11.5 Å². The molecule has 3 nitrogen and oxygen atoms in total. The van der Waals surface area contributed by atoms with Gasteiger partial charge in [-0.3, -0.25) is 0 Å². The summed E-state index contributed by atoms with van der Waals surface area (Å²) in [6, 6.07) is 0. The van der Waals surface area contributed by atoms with Crippen LogP contribution in [0, 0.1) is 11.3 Å². The fourth-order valence-corrected chi connectivity index (χ4v) is 1.12. The number of nitrogens with zero attached hydrogens (tertiary/aromatic N) is 1. The van der Waals surface area contributed by atoms with E-state index in [1.54, 1.807) is 11.9 Å². The van der Waals surface area contributed by atoms with Gasteiger partial charge in [0.25, 0.3) is 0 Å². The molecule has 0 aromatic rings. The van der Waals surface area contributed by atoms with E-state index in [9.17, 15) is 4.79 Å². The second kappa shape index (κ2) is 5.23. The molecule has 3 heteroatoms. The smallest absolute Gasteiger partial charge is 0.409 e. The van der Waals surface area contributed by atoms with Crippen molar-refractivity contribution in [2.24, 2.45) is 11.3 Å². The van der Waals surface area contributed by atoms with Crippen LogP contribution >= 0.6 is 0 Å². The van der Waals surface area contributed by atoms with Gasteiger partial charge in [0.2, 0.25) is 0 Å². The highest BCUT2D eigenvalue weighted by Gasteiger charge is 2.18. The average Bonchev–Trinajstić information content (AvgIpc) is 1.96. The Labute approximate surface area is 87.4 Å². The molecule has 0 saturated carbocycles. The summed E-state index contributed by atoms with van der Waals surface area (Å²) >= 11 is 0. The molecule has 0 spiro atoms. The summed E-state index contributed by atoms with van der Waals surface area (Å²) in [5, 5.41) is 0. The zero-order valence-electron chi connectivity index (χ0n) is 10.3. The van der Waals surface area contributed by atoms with Gasteiger partial charge < -0.3 is 9.64 Å². The lowest BCUT2D eigenvalue weighted by Crippen LogP contribution is -2.35.